The highest BCUT2D eigenvalue weighted by molar-refractivity contribution is 8.18. The van der Waals surface area contributed by atoms with Crippen LogP contribution < -0.4 is 4.72 Å². The molecule has 2 aliphatic rings. The second-order valence-corrected chi connectivity index (χ2v) is 14.1. The van der Waals surface area contributed by atoms with Gasteiger partial charge in [-0.2, -0.15) is 16.5 Å². The number of allylic oxidation sites excluding steroid dienone is 1. The molecule has 9 heteroatoms. The van der Waals surface area contributed by atoms with Gasteiger partial charge in [-0.3, -0.25) is 4.79 Å². The number of hydrogen-bond donors (Lipinski definition) is 2. The van der Waals surface area contributed by atoms with E-state index >= 15 is 0 Å². The fourth-order valence-corrected chi connectivity index (χ4v) is 8.76. The van der Waals surface area contributed by atoms with Crippen LogP contribution in [0.1, 0.15) is 37.8 Å². The van der Waals surface area contributed by atoms with Crippen LogP contribution in [0.15, 0.2) is 60.7 Å². The first-order valence-corrected chi connectivity index (χ1v) is 14.5. The Labute approximate surface area is 208 Å². The molecule has 1 aliphatic carbocycles. The Morgan fingerprint density at radius 1 is 1.21 bits per heavy atom. The first-order chi connectivity index (χ1) is 15.6. The van der Waals surface area contributed by atoms with Crippen molar-refractivity contribution in [2.75, 3.05) is 5.75 Å². The van der Waals surface area contributed by atoms with Crippen molar-refractivity contribution in [2.24, 2.45) is 0 Å². The second kappa shape index (κ2) is 9.30. The number of halogens is 1. The van der Waals surface area contributed by atoms with Gasteiger partial charge in [0, 0.05) is 21.1 Å². The zero-order chi connectivity index (χ0) is 23.9. The van der Waals surface area contributed by atoms with Crippen LogP contribution in [0.4, 0.5) is 0 Å². The van der Waals surface area contributed by atoms with Crippen molar-refractivity contribution in [1.82, 2.24) is 4.72 Å². The molecule has 1 saturated carbocycles. The Bertz CT molecular complexity index is 1170. The van der Waals surface area contributed by atoms with Gasteiger partial charge < -0.3 is 5.11 Å². The lowest BCUT2D eigenvalue weighted by Gasteiger charge is -2.26. The van der Waals surface area contributed by atoms with E-state index < -0.39 is 31.5 Å². The summed E-state index contributed by atoms with van der Waals surface area (Å²) >= 11 is 8.85. The Morgan fingerprint density at radius 3 is 2.48 bits per heavy atom. The first-order valence-electron chi connectivity index (χ1n) is 10.7. The zero-order valence-corrected chi connectivity index (χ0v) is 21.5. The number of thioether (sulfide) groups is 2. The summed E-state index contributed by atoms with van der Waals surface area (Å²) in [6, 6.07) is 16.6. The van der Waals surface area contributed by atoms with Crippen molar-refractivity contribution in [3.05, 3.63) is 76.8 Å². The molecule has 3 unspecified atom stereocenters. The molecule has 0 bridgehead atoms. The summed E-state index contributed by atoms with van der Waals surface area (Å²) in [5, 5.41) is 11.2. The topological polar surface area (TPSA) is 83.5 Å². The van der Waals surface area contributed by atoms with Gasteiger partial charge in [0.1, 0.15) is 10.1 Å². The number of nitrogens with one attached hydrogen (secondary N) is 1. The SMILES string of the molecule is CC(C)SCC1(c2ccccc2)CC1(NS(=O)(=O)C1CC=C(c2ccc(Cl)cc2)S1)C(=O)O. The van der Waals surface area contributed by atoms with Crippen molar-refractivity contribution in [1.29, 1.82) is 0 Å². The Balaban J connectivity index is 1.59. The van der Waals surface area contributed by atoms with E-state index in [9.17, 15) is 18.3 Å². The fourth-order valence-electron chi connectivity index (χ4n) is 4.28. The molecule has 2 aromatic carbocycles. The lowest BCUT2D eigenvalue weighted by Crippen LogP contribution is -2.51. The van der Waals surface area contributed by atoms with Crippen LogP contribution in [-0.2, 0) is 20.2 Å². The minimum Gasteiger partial charge on any atom is -0.480 e. The van der Waals surface area contributed by atoms with Crippen molar-refractivity contribution in [3.8, 4) is 0 Å². The maximum Gasteiger partial charge on any atom is 0.325 e. The molecular weight excluding hydrogens is 498 g/mol. The Kier molecular flexibility index (Phi) is 6.95. The van der Waals surface area contributed by atoms with Crippen LogP contribution in [-0.4, -0.2) is 40.6 Å². The third kappa shape index (κ3) is 4.73. The lowest BCUT2D eigenvalue weighted by atomic mass is 9.92. The fraction of sp³-hybridized carbons (Fsp3) is 0.375. The van der Waals surface area contributed by atoms with Gasteiger partial charge in [0.05, 0.1) is 0 Å². The summed E-state index contributed by atoms with van der Waals surface area (Å²) in [6.07, 6.45) is 2.43. The van der Waals surface area contributed by atoms with Gasteiger partial charge in [0.25, 0.3) is 0 Å². The highest BCUT2D eigenvalue weighted by atomic mass is 35.5. The van der Waals surface area contributed by atoms with E-state index in [0.29, 0.717) is 22.4 Å². The number of carboxylic acids is 1. The minimum atomic E-state index is -3.92. The van der Waals surface area contributed by atoms with Crippen LogP contribution in [0.2, 0.25) is 5.02 Å². The zero-order valence-electron chi connectivity index (χ0n) is 18.3. The number of hydrogen-bond acceptors (Lipinski definition) is 5. The normalized spacial score (nSPS) is 26.9. The van der Waals surface area contributed by atoms with Gasteiger partial charge in [-0.1, -0.05) is 74.0 Å². The molecule has 4 rings (SSSR count). The average Bonchev–Trinajstić information content (AvgIpc) is 3.15. The van der Waals surface area contributed by atoms with Crippen molar-refractivity contribution < 1.29 is 18.3 Å². The summed E-state index contributed by atoms with van der Waals surface area (Å²) in [4.78, 5) is 13.4. The van der Waals surface area contributed by atoms with E-state index in [4.69, 9.17) is 11.6 Å². The molecular formula is C24H26ClNO4S3. The van der Waals surface area contributed by atoms with Gasteiger partial charge in [-0.15, -0.1) is 11.8 Å². The van der Waals surface area contributed by atoms with Gasteiger partial charge in [0.15, 0.2) is 0 Å². The summed E-state index contributed by atoms with van der Waals surface area (Å²) in [5.41, 5.74) is -0.605. The van der Waals surface area contributed by atoms with Crippen LogP contribution in [0, 0.1) is 0 Å². The molecule has 2 N–H and O–H groups in total. The van der Waals surface area contributed by atoms with E-state index in [2.05, 4.69) is 18.6 Å². The summed E-state index contributed by atoms with van der Waals surface area (Å²) in [6.45, 7) is 4.11. The number of rotatable bonds is 9. The largest absolute Gasteiger partial charge is 0.480 e. The number of carboxylic acid groups (broad SMARTS) is 1. The van der Waals surface area contributed by atoms with E-state index in [1.165, 1.54) is 11.8 Å². The molecule has 1 aliphatic heterocycles. The highest BCUT2D eigenvalue weighted by Crippen LogP contribution is 2.60. The highest BCUT2D eigenvalue weighted by Gasteiger charge is 2.74. The second-order valence-electron chi connectivity index (χ2n) is 8.70. The van der Waals surface area contributed by atoms with E-state index in [0.717, 1.165) is 16.0 Å². The van der Waals surface area contributed by atoms with Gasteiger partial charge >= 0.3 is 5.97 Å². The van der Waals surface area contributed by atoms with E-state index in [-0.39, 0.29) is 6.42 Å². The van der Waals surface area contributed by atoms with Crippen molar-refractivity contribution in [3.63, 3.8) is 0 Å². The number of benzene rings is 2. The van der Waals surface area contributed by atoms with Crippen molar-refractivity contribution >= 4 is 56.0 Å². The van der Waals surface area contributed by atoms with Gasteiger partial charge in [-0.25, -0.2) is 8.42 Å². The molecule has 0 radical (unpaired) electrons. The van der Waals surface area contributed by atoms with E-state index in [1.807, 2.05) is 48.5 Å². The molecule has 2 aromatic rings. The molecule has 5 nitrogen and oxygen atoms in total. The third-order valence-electron chi connectivity index (χ3n) is 6.16. The van der Waals surface area contributed by atoms with Crippen LogP contribution >= 0.6 is 35.1 Å². The molecule has 33 heavy (non-hydrogen) atoms. The molecule has 176 valence electrons. The summed E-state index contributed by atoms with van der Waals surface area (Å²) in [5.74, 6) is -0.608. The molecule has 0 spiro atoms. The van der Waals surface area contributed by atoms with E-state index in [1.54, 1.807) is 23.9 Å². The third-order valence-corrected chi connectivity index (χ3v) is 11.4. The van der Waals surface area contributed by atoms with Crippen molar-refractivity contribution in [2.45, 2.75) is 47.5 Å². The molecule has 3 atom stereocenters. The maximum absolute atomic E-state index is 13.4. The number of carbonyl (C=O) groups is 1. The monoisotopic (exact) mass is 523 g/mol. The number of aliphatic carboxylic acids is 1. The Morgan fingerprint density at radius 2 is 1.88 bits per heavy atom. The summed E-state index contributed by atoms with van der Waals surface area (Å²) < 4.78 is 28.7. The lowest BCUT2D eigenvalue weighted by molar-refractivity contribution is -0.140. The maximum atomic E-state index is 13.4. The molecule has 1 heterocycles. The summed E-state index contributed by atoms with van der Waals surface area (Å²) in [7, 11) is -3.92. The van der Waals surface area contributed by atoms with Gasteiger partial charge in [-0.05, 0) is 41.4 Å². The first kappa shape index (κ1) is 24.7. The van der Waals surface area contributed by atoms with Gasteiger partial charge in [0.2, 0.25) is 10.0 Å². The average molecular weight is 524 g/mol. The minimum absolute atomic E-state index is 0.229. The van der Waals surface area contributed by atoms with Crippen LogP contribution in [0.25, 0.3) is 4.91 Å². The quantitative estimate of drug-likeness (QED) is 0.459. The predicted molar refractivity (Wildman–Crippen MR) is 138 cm³/mol. The Hall–Kier alpha value is -1.45. The number of sulfonamides is 1. The molecule has 0 saturated heterocycles. The van der Waals surface area contributed by atoms with Crippen LogP contribution in [0.5, 0.6) is 0 Å². The molecule has 0 amide bonds. The molecule has 0 aromatic heterocycles. The van der Waals surface area contributed by atoms with Crippen LogP contribution in [0.3, 0.4) is 0 Å². The smallest absolute Gasteiger partial charge is 0.325 e. The predicted octanol–water partition coefficient (Wildman–Crippen LogP) is 5.37. The molecule has 1 fully saturated rings. The standard InChI is InChI=1S/C24H26ClNO4S3/c1-16(2)31-15-23(18-6-4-3-5-7-18)14-24(23,22(27)28)26-33(29,30)21-13-12-20(32-21)17-8-10-19(25)11-9-17/h3-12,16,21,26H,13-15H2,1-2H3,(H,27,28).